The summed E-state index contributed by atoms with van der Waals surface area (Å²) in [6.45, 7) is -2.10. The molecular weight excluding hydrogens is 658 g/mol. The van der Waals surface area contributed by atoms with Crippen LogP contribution in [0.15, 0.2) is 53.3 Å². The monoisotopic (exact) mass is 684 g/mol. The van der Waals surface area contributed by atoms with Gasteiger partial charge in [-0.2, -0.15) is 13.5 Å². The molecule has 1 fully saturated rings. The number of pyridine rings is 1. The van der Waals surface area contributed by atoms with E-state index in [1.54, 1.807) is 11.0 Å². The summed E-state index contributed by atoms with van der Waals surface area (Å²) in [5.41, 5.74) is -2.66. The number of amides is 1. The molecule has 0 radical (unpaired) electrons. The third-order valence-electron chi connectivity index (χ3n) is 7.44. The van der Waals surface area contributed by atoms with Crippen molar-refractivity contribution in [1.82, 2.24) is 19.2 Å². The summed E-state index contributed by atoms with van der Waals surface area (Å²) < 4.78 is 93.0. The van der Waals surface area contributed by atoms with Crippen molar-refractivity contribution in [3.05, 3.63) is 81.1 Å². The van der Waals surface area contributed by atoms with E-state index >= 15 is 8.78 Å². The molecule has 250 valence electrons. The highest BCUT2D eigenvalue weighted by atomic mass is 35.5. The first-order valence-corrected chi connectivity index (χ1v) is 14.4. The minimum Gasteiger partial charge on any atom is -0.497 e. The van der Waals surface area contributed by atoms with Crippen molar-refractivity contribution in [2.24, 2.45) is 7.05 Å². The van der Waals surface area contributed by atoms with Crippen LogP contribution in [0, 0.1) is 11.6 Å². The first-order chi connectivity index (χ1) is 22.4. The number of aromatic nitrogens is 3. The zero-order chi connectivity index (χ0) is 34.0. The number of carbonyl (C=O) groups is 1. The Morgan fingerprint density at radius 3 is 2.19 bits per heavy atom. The fourth-order valence-corrected chi connectivity index (χ4v) is 5.40. The van der Waals surface area contributed by atoms with E-state index in [4.69, 9.17) is 16.3 Å². The number of carbonyl (C=O) groups excluding carboxylic acids is 1. The van der Waals surface area contributed by atoms with Crippen LogP contribution in [-0.2, 0) is 7.05 Å². The first kappa shape index (κ1) is 33.7. The standard InChI is InChI=1S/C30H27ClF6N6O4/c1-40-26(24-20(32)13-18(46-2)14-21(24)33)25(39-28(44)16-3-5-17(6-4-16)47-30(36)37)29(45)43(40)27-19(31)7-8-23(38-27)42-11-9-41(10-12-42)15-22(34)35/h3-8,13-14,22,30H,9-12,15H2,1-2H3,(H,39,44). The maximum absolute atomic E-state index is 15.5. The Morgan fingerprint density at radius 1 is 0.979 bits per heavy atom. The van der Waals surface area contributed by atoms with E-state index in [0.717, 1.165) is 45.8 Å². The van der Waals surface area contributed by atoms with Gasteiger partial charge in [0, 0.05) is 50.9 Å². The number of nitrogens with one attached hydrogen (secondary N) is 1. The quantitative estimate of drug-likeness (QED) is 0.223. The number of nitrogens with zero attached hydrogens (tertiary/aromatic N) is 5. The van der Waals surface area contributed by atoms with E-state index in [2.05, 4.69) is 15.0 Å². The second-order valence-electron chi connectivity index (χ2n) is 10.3. The number of benzene rings is 2. The highest BCUT2D eigenvalue weighted by Gasteiger charge is 2.29. The molecule has 0 spiro atoms. The summed E-state index contributed by atoms with van der Waals surface area (Å²) in [5, 5.41) is 2.37. The molecule has 1 saturated heterocycles. The molecule has 1 aliphatic heterocycles. The number of hydrogen-bond acceptors (Lipinski definition) is 7. The van der Waals surface area contributed by atoms with E-state index in [1.165, 1.54) is 20.2 Å². The molecule has 2 aromatic carbocycles. The van der Waals surface area contributed by atoms with Gasteiger partial charge in [-0.25, -0.2) is 22.5 Å². The Labute approximate surface area is 268 Å². The van der Waals surface area contributed by atoms with Crippen molar-refractivity contribution in [1.29, 1.82) is 0 Å². The Kier molecular flexibility index (Phi) is 10.0. The van der Waals surface area contributed by atoms with Crippen LogP contribution in [0.5, 0.6) is 11.5 Å². The fraction of sp³-hybridized carbons (Fsp3) is 0.300. The lowest BCUT2D eigenvalue weighted by Gasteiger charge is -2.35. The van der Waals surface area contributed by atoms with E-state index in [9.17, 15) is 27.2 Å². The van der Waals surface area contributed by atoms with E-state index in [0.29, 0.717) is 32.0 Å². The van der Waals surface area contributed by atoms with Crippen molar-refractivity contribution in [3.63, 3.8) is 0 Å². The minimum absolute atomic E-state index is 0.0255. The maximum Gasteiger partial charge on any atom is 0.387 e. The second kappa shape index (κ2) is 14.0. The minimum atomic E-state index is -3.09. The van der Waals surface area contributed by atoms with Crippen LogP contribution in [0.3, 0.4) is 0 Å². The van der Waals surface area contributed by atoms with Crippen molar-refractivity contribution in [2.75, 3.05) is 50.1 Å². The third-order valence-corrected chi connectivity index (χ3v) is 7.74. The Balaban J connectivity index is 1.59. The normalized spacial score (nSPS) is 13.8. The van der Waals surface area contributed by atoms with Crippen molar-refractivity contribution < 1.29 is 40.6 Å². The molecule has 17 heteroatoms. The number of alkyl halides is 4. The molecule has 1 N–H and O–H groups in total. The molecule has 1 aliphatic rings. The highest BCUT2D eigenvalue weighted by Crippen LogP contribution is 2.35. The molecule has 47 heavy (non-hydrogen) atoms. The average molecular weight is 685 g/mol. The summed E-state index contributed by atoms with van der Waals surface area (Å²) in [5.74, 6) is -3.30. The lowest BCUT2D eigenvalue weighted by molar-refractivity contribution is -0.0498. The lowest BCUT2D eigenvalue weighted by atomic mass is 10.1. The number of ether oxygens (including phenoxy) is 2. The Hall–Kier alpha value is -4.70. The van der Waals surface area contributed by atoms with Crippen LogP contribution in [-0.4, -0.2) is 78.0 Å². The van der Waals surface area contributed by atoms with Gasteiger partial charge in [0.05, 0.1) is 24.2 Å². The molecule has 5 rings (SSSR count). The van der Waals surface area contributed by atoms with Gasteiger partial charge in [-0.15, -0.1) is 0 Å². The lowest BCUT2D eigenvalue weighted by Crippen LogP contribution is -2.48. The molecule has 10 nitrogen and oxygen atoms in total. The largest absolute Gasteiger partial charge is 0.497 e. The predicted molar refractivity (Wildman–Crippen MR) is 161 cm³/mol. The topological polar surface area (TPSA) is 93.9 Å². The van der Waals surface area contributed by atoms with Crippen LogP contribution in [0.25, 0.3) is 17.1 Å². The Bertz CT molecular complexity index is 1800. The van der Waals surface area contributed by atoms with Crippen LogP contribution >= 0.6 is 11.6 Å². The van der Waals surface area contributed by atoms with Crippen LogP contribution in [0.1, 0.15) is 10.4 Å². The van der Waals surface area contributed by atoms with Gasteiger partial charge in [0.15, 0.2) is 5.82 Å². The molecule has 0 aliphatic carbocycles. The molecule has 0 bridgehead atoms. The van der Waals surface area contributed by atoms with Gasteiger partial charge in [0.1, 0.15) is 40.3 Å². The van der Waals surface area contributed by atoms with Gasteiger partial charge in [-0.05, 0) is 36.4 Å². The second-order valence-corrected chi connectivity index (χ2v) is 10.7. The average Bonchev–Trinajstić information content (AvgIpc) is 3.25. The molecule has 0 saturated carbocycles. The van der Waals surface area contributed by atoms with E-state index in [1.807, 2.05) is 4.90 Å². The molecule has 0 unspecified atom stereocenters. The number of methoxy groups -OCH3 is 1. The van der Waals surface area contributed by atoms with Crippen molar-refractivity contribution in [2.45, 2.75) is 13.0 Å². The number of anilines is 2. The number of halogens is 7. The molecule has 3 heterocycles. The Morgan fingerprint density at radius 2 is 1.62 bits per heavy atom. The smallest absolute Gasteiger partial charge is 0.387 e. The maximum atomic E-state index is 15.5. The molecule has 2 aromatic heterocycles. The predicted octanol–water partition coefficient (Wildman–Crippen LogP) is 5.42. The zero-order valence-electron chi connectivity index (χ0n) is 24.8. The van der Waals surface area contributed by atoms with Gasteiger partial charge in [0.25, 0.3) is 17.9 Å². The van der Waals surface area contributed by atoms with Gasteiger partial charge < -0.3 is 19.7 Å². The summed E-state index contributed by atoms with van der Waals surface area (Å²) in [4.78, 5) is 35.2. The summed E-state index contributed by atoms with van der Waals surface area (Å²) in [6, 6.07) is 9.36. The van der Waals surface area contributed by atoms with Gasteiger partial charge in [-0.1, -0.05) is 11.6 Å². The summed E-state index contributed by atoms with van der Waals surface area (Å²) in [6.07, 6.45) is -2.48. The summed E-state index contributed by atoms with van der Waals surface area (Å²) in [7, 11) is 2.52. The van der Waals surface area contributed by atoms with E-state index in [-0.39, 0.29) is 40.1 Å². The number of rotatable bonds is 10. The molecule has 1 amide bonds. The number of hydrogen-bond donors (Lipinski definition) is 1. The molecule has 0 atom stereocenters. The first-order valence-electron chi connectivity index (χ1n) is 14.0. The van der Waals surface area contributed by atoms with Crippen molar-refractivity contribution in [3.8, 4) is 28.6 Å². The molecular formula is C30H27ClF6N6O4. The zero-order valence-corrected chi connectivity index (χ0v) is 25.6. The van der Waals surface area contributed by atoms with E-state index < -0.39 is 47.4 Å². The van der Waals surface area contributed by atoms with Crippen LogP contribution in [0.4, 0.5) is 37.8 Å². The third kappa shape index (κ3) is 7.17. The van der Waals surface area contributed by atoms with Crippen molar-refractivity contribution >= 4 is 29.0 Å². The van der Waals surface area contributed by atoms with Gasteiger partial charge in [-0.3, -0.25) is 19.2 Å². The van der Waals surface area contributed by atoms with Crippen LogP contribution < -0.4 is 25.2 Å². The number of piperazine rings is 1. The highest BCUT2D eigenvalue weighted by molar-refractivity contribution is 6.32. The van der Waals surface area contributed by atoms with Gasteiger partial charge in [0.2, 0.25) is 0 Å². The van der Waals surface area contributed by atoms with Crippen LogP contribution in [0.2, 0.25) is 5.02 Å². The molecule has 4 aromatic rings. The fourth-order valence-electron chi connectivity index (χ4n) is 5.21. The summed E-state index contributed by atoms with van der Waals surface area (Å²) >= 11 is 6.49. The SMILES string of the molecule is COc1cc(F)c(-c2c(NC(=O)c3ccc(OC(F)F)cc3)c(=O)n(-c3nc(N4CCN(CC(F)F)CC4)ccc3Cl)n2C)c(F)c1. The van der Waals surface area contributed by atoms with Gasteiger partial charge >= 0.3 is 6.61 Å².